The zero-order valence-electron chi connectivity index (χ0n) is 11.9. The van der Waals surface area contributed by atoms with E-state index in [4.69, 9.17) is 9.47 Å². The van der Waals surface area contributed by atoms with E-state index in [2.05, 4.69) is 12.2 Å². The van der Waals surface area contributed by atoms with Crippen molar-refractivity contribution in [1.29, 1.82) is 0 Å². The summed E-state index contributed by atoms with van der Waals surface area (Å²) in [7, 11) is 0. The molecule has 1 fully saturated rings. The Morgan fingerprint density at radius 2 is 2.20 bits per heavy atom. The van der Waals surface area contributed by atoms with E-state index < -0.39 is 0 Å². The highest BCUT2D eigenvalue weighted by molar-refractivity contribution is 5.77. The van der Waals surface area contributed by atoms with Crippen LogP contribution in [0.1, 0.15) is 12.5 Å². The first-order chi connectivity index (χ1) is 9.79. The number of benzene rings is 1. The van der Waals surface area contributed by atoms with Crippen molar-refractivity contribution in [3.8, 4) is 5.75 Å². The second-order valence-corrected chi connectivity index (χ2v) is 4.71. The van der Waals surface area contributed by atoms with Gasteiger partial charge in [-0.3, -0.25) is 4.79 Å². The molecule has 0 atom stereocenters. The average Bonchev–Trinajstić information content (AvgIpc) is 2.52. The zero-order valence-corrected chi connectivity index (χ0v) is 11.9. The van der Waals surface area contributed by atoms with Crippen molar-refractivity contribution >= 4 is 5.91 Å². The van der Waals surface area contributed by atoms with Gasteiger partial charge in [-0.1, -0.05) is 19.1 Å². The summed E-state index contributed by atoms with van der Waals surface area (Å²) in [5.41, 5.74) is 1.16. The van der Waals surface area contributed by atoms with Crippen molar-refractivity contribution in [3.05, 3.63) is 29.8 Å². The molecule has 1 aliphatic heterocycles. The monoisotopic (exact) mass is 278 g/mol. The van der Waals surface area contributed by atoms with Gasteiger partial charge in [0.1, 0.15) is 5.75 Å². The molecule has 0 unspecified atom stereocenters. The van der Waals surface area contributed by atoms with E-state index >= 15 is 0 Å². The number of hydrogen-bond donors (Lipinski definition) is 1. The molecular formula is C15H22N2O3. The van der Waals surface area contributed by atoms with Gasteiger partial charge >= 0.3 is 0 Å². The first-order valence-electron chi connectivity index (χ1n) is 7.07. The molecule has 110 valence electrons. The predicted octanol–water partition coefficient (Wildman–Crippen LogP) is 1.03. The molecule has 1 heterocycles. The molecule has 0 aromatic heterocycles. The molecule has 5 heteroatoms. The van der Waals surface area contributed by atoms with Crippen LogP contribution in [-0.4, -0.2) is 50.3 Å². The lowest BCUT2D eigenvalue weighted by atomic mass is 10.2. The summed E-state index contributed by atoms with van der Waals surface area (Å²) in [5, 5.41) is 3.26. The number of nitrogens with zero attached hydrogens (tertiary/aromatic N) is 1. The van der Waals surface area contributed by atoms with Crippen LogP contribution in [0.5, 0.6) is 5.75 Å². The summed E-state index contributed by atoms with van der Waals surface area (Å²) in [5.74, 6) is 0.757. The minimum atomic E-state index is 0.0189. The number of hydrogen-bond acceptors (Lipinski definition) is 4. The second-order valence-electron chi connectivity index (χ2n) is 4.71. The number of rotatable bonds is 6. The number of carbonyl (C=O) groups is 1. The Morgan fingerprint density at radius 1 is 1.40 bits per heavy atom. The molecule has 20 heavy (non-hydrogen) atoms. The van der Waals surface area contributed by atoms with Crippen LogP contribution in [0.4, 0.5) is 0 Å². The Balaban J connectivity index is 1.82. The summed E-state index contributed by atoms with van der Waals surface area (Å²) < 4.78 is 10.8. The van der Waals surface area contributed by atoms with Crippen LogP contribution in [0.15, 0.2) is 24.3 Å². The van der Waals surface area contributed by atoms with Crippen molar-refractivity contribution in [3.63, 3.8) is 0 Å². The van der Waals surface area contributed by atoms with Crippen LogP contribution in [0.25, 0.3) is 0 Å². The molecule has 5 nitrogen and oxygen atoms in total. The zero-order chi connectivity index (χ0) is 14.2. The highest BCUT2D eigenvalue weighted by atomic mass is 16.5. The van der Waals surface area contributed by atoms with E-state index in [0.717, 1.165) is 24.4 Å². The molecule has 1 aromatic carbocycles. The molecule has 1 aromatic rings. The second kappa shape index (κ2) is 7.87. The number of carbonyl (C=O) groups excluding carboxylic acids is 1. The van der Waals surface area contributed by atoms with Crippen LogP contribution in [0, 0.1) is 0 Å². The molecule has 1 amide bonds. The van der Waals surface area contributed by atoms with Gasteiger partial charge in [0.2, 0.25) is 0 Å². The molecule has 0 bridgehead atoms. The largest absolute Gasteiger partial charge is 0.484 e. The van der Waals surface area contributed by atoms with Crippen molar-refractivity contribution in [2.45, 2.75) is 13.5 Å². The molecule has 1 N–H and O–H groups in total. The van der Waals surface area contributed by atoms with Gasteiger partial charge in [0.15, 0.2) is 6.61 Å². The van der Waals surface area contributed by atoms with Gasteiger partial charge < -0.3 is 19.7 Å². The fourth-order valence-electron chi connectivity index (χ4n) is 2.06. The fraction of sp³-hybridized carbons (Fsp3) is 0.533. The number of nitrogens with one attached hydrogen (secondary N) is 1. The Labute approximate surface area is 119 Å². The van der Waals surface area contributed by atoms with Gasteiger partial charge in [-0.2, -0.15) is 0 Å². The third kappa shape index (κ3) is 4.51. The molecule has 0 saturated carbocycles. The topological polar surface area (TPSA) is 50.8 Å². The molecule has 0 aliphatic carbocycles. The summed E-state index contributed by atoms with van der Waals surface area (Å²) in [6.07, 6.45) is 0. The van der Waals surface area contributed by atoms with Crippen LogP contribution in [0.3, 0.4) is 0 Å². The third-order valence-corrected chi connectivity index (χ3v) is 3.20. The Hall–Kier alpha value is -1.59. The van der Waals surface area contributed by atoms with Gasteiger partial charge in [-0.25, -0.2) is 0 Å². The Morgan fingerprint density at radius 3 is 2.95 bits per heavy atom. The van der Waals surface area contributed by atoms with E-state index in [1.807, 2.05) is 24.3 Å². The first kappa shape index (κ1) is 14.8. The summed E-state index contributed by atoms with van der Waals surface area (Å²) >= 11 is 0. The minimum absolute atomic E-state index is 0.0189. The maximum Gasteiger partial charge on any atom is 0.260 e. The molecule has 0 spiro atoms. The summed E-state index contributed by atoms with van der Waals surface area (Å²) in [4.78, 5) is 13.7. The van der Waals surface area contributed by atoms with E-state index in [-0.39, 0.29) is 12.5 Å². The van der Waals surface area contributed by atoms with Crippen LogP contribution < -0.4 is 10.1 Å². The summed E-state index contributed by atoms with van der Waals surface area (Å²) in [6, 6.07) is 7.83. The predicted molar refractivity (Wildman–Crippen MR) is 76.7 cm³/mol. The molecule has 1 saturated heterocycles. The molecule has 2 rings (SSSR count). The minimum Gasteiger partial charge on any atom is -0.484 e. The number of ether oxygens (including phenoxy) is 2. The van der Waals surface area contributed by atoms with Gasteiger partial charge in [0.25, 0.3) is 5.91 Å². The number of morpholine rings is 1. The Bertz CT molecular complexity index is 431. The van der Waals surface area contributed by atoms with Crippen molar-refractivity contribution in [1.82, 2.24) is 10.2 Å². The lowest BCUT2D eigenvalue weighted by Crippen LogP contribution is -2.42. The SMILES string of the molecule is CCNCc1cccc(OCC(=O)N2CCOCC2)c1. The van der Waals surface area contributed by atoms with Gasteiger partial charge in [0, 0.05) is 19.6 Å². The van der Waals surface area contributed by atoms with Gasteiger partial charge in [-0.05, 0) is 24.2 Å². The normalized spacial score (nSPS) is 15.2. The lowest BCUT2D eigenvalue weighted by Gasteiger charge is -2.26. The van der Waals surface area contributed by atoms with E-state index in [9.17, 15) is 4.79 Å². The van der Waals surface area contributed by atoms with Crippen molar-refractivity contribution in [2.24, 2.45) is 0 Å². The van der Waals surface area contributed by atoms with E-state index in [0.29, 0.717) is 26.3 Å². The smallest absolute Gasteiger partial charge is 0.260 e. The van der Waals surface area contributed by atoms with Crippen molar-refractivity contribution in [2.75, 3.05) is 39.5 Å². The molecular weight excluding hydrogens is 256 g/mol. The van der Waals surface area contributed by atoms with Crippen LogP contribution >= 0.6 is 0 Å². The fourth-order valence-corrected chi connectivity index (χ4v) is 2.06. The van der Waals surface area contributed by atoms with Gasteiger partial charge in [0.05, 0.1) is 13.2 Å². The average molecular weight is 278 g/mol. The standard InChI is InChI=1S/C15H22N2O3/c1-2-16-11-13-4-3-5-14(10-13)20-12-15(18)17-6-8-19-9-7-17/h3-5,10,16H,2,6-9,11-12H2,1H3. The van der Waals surface area contributed by atoms with E-state index in [1.165, 1.54) is 0 Å². The summed E-state index contributed by atoms with van der Waals surface area (Å²) in [6.45, 7) is 6.44. The maximum absolute atomic E-state index is 12.0. The maximum atomic E-state index is 12.0. The van der Waals surface area contributed by atoms with Crippen LogP contribution in [0.2, 0.25) is 0 Å². The molecule has 0 radical (unpaired) electrons. The van der Waals surface area contributed by atoms with Crippen LogP contribution in [-0.2, 0) is 16.1 Å². The van der Waals surface area contributed by atoms with Crippen molar-refractivity contribution < 1.29 is 14.3 Å². The first-order valence-corrected chi connectivity index (χ1v) is 7.07. The third-order valence-electron chi connectivity index (χ3n) is 3.20. The highest BCUT2D eigenvalue weighted by Crippen LogP contribution is 2.13. The Kier molecular flexibility index (Phi) is 5.83. The van der Waals surface area contributed by atoms with E-state index in [1.54, 1.807) is 4.90 Å². The molecule has 1 aliphatic rings. The van der Waals surface area contributed by atoms with Gasteiger partial charge in [-0.15, -0.1) is 0 Å². The quantitative estimate of drug-likeness (QED) is 0.844. The highest BCUT2D eigenvalue weighted by Gasteiger charge is 2.17. The number of amides is 1. The lowest BCUT2D eigenvalue weighted by molar-refractivity contribution is -0.137.